The first-order chi connectivity index (χ1) is 10.1. The van der Waals surface area contributed by atoms with Crippen LogP contribution in [-0.4, -0.2) is 21.2 Å². The van der Waals surface area contributed by atoms with Crippen LogP contribution in [0.5, 0.6) is 11.6 Å². The number of aromatic carboxylic acids is 1. The van der Waals surface area contributed by atoms with Crippen molar-refractivity contribution in [1.82, 2.24) is 4.98 Å². The fourth-order valence-electron chi connectivity index (χ4n) is 1.90. The maximum Gasteiger partial charge on any atom is 0.335 e. The molecule has 0 unspecified atom stereocenters. The summed E-state index contributed by atoms with van der Waals surface area (Å²) < 4.78 is 5.60. The zero-order valence-electron chi connectivity index (χ0n) is 11.7. The van der Waals surface area contributed by atoms with Gasteiger partial charge in [0.1, 0.15) is 5.75 Å². The summed E-state index contributed by atoms with van der Waals surface area (Å²) in [5.41, 5.74) is 1.64. The van der Waals surface area contributed by atoms with E-state index in [0.717, 1.165) is 12.0 Å². The van der Waals surface area contributed by atoms with Crippen molar-refractivity contribution in [3.8, 4) is 11.6 Å². The van der Waals surface area contributed by atoms with E-state index in [1.807, 2.05) is 6.92 Å². The fourth-order valence-corrected chi connectivity index (χ4v) is 1.90. The van der Waals surface area contributed by atoms with Crippen LogP contribution in [0.15, 0.2) is 36.4 Å². The summed E-state index contributed by atoms with van der Waals surface area (Å²) in [6.07, 6.45) is 1.57. The van der Waals surface area contributed by atoms with E-state index in [-0.39, 0.29) is 18.1 Å². The Kier molecular flexibility index (Phi) is 4.90. The summed E-state index contributed by atoms with van der Waals surface area (Å²) in [4.78, 5) is 15.4. The minimum atomic E-state index is -1.00. The molecule has 5 heteroatoms. The quantitative estimate of drug-likeness (QED) is 0.853. The van der Waals surface area contributed by atoms with Crippen LogP contribution in [0.2, 0.25) is 0 Å². The first-order valence-electron chi connectivity index (χ1n) is 6.74. The summed E-state index contributed by atoms with van der Waals surface area (Å²) >= 11 is 0. The van der Waals surface area contributed by atoms with Crippen LogP contribution in [-0.2, 0) is 13.0 Å². The molecule has 0 aliphatic rings. The predicted octanol–water partition coefficient (Wildman–Crippen LogP) is 3.02. The Morgan fingerprint density at radius 2 is 1.95 bits per heavy atom. The van der Waals surface area contributed by atoms with Crippen molar-refractivity contribution in [1.29, 1.82) is 0 Å². The molecule has 110 valence electrons. The standard InChI is InChI=1S/C16H17NO4/c1-2-3-13-8-12(16(19)20)9-15(17-13)21-14-6-4-11(10-18)5-7-14/h4-9,18H,2-3,10H2,1H3,(H,19,20). The average Bonchev–Trinajstić information content (AvgIpc) is 2.48. The van der Waals surface area contributed by atoms with Gasteiger partial charge in [0.25, 0.3) is 0 Å². The molecule has 2 rings (SSSR count). The second-order valence-corrected chi connectivity index (χ2v) is 4.64. The number of nitrogens with zero attached hydrogens (tertiary/aromatic N) is 1. The third-order valence-corrected chi connectivity index (χ3v) is 2.94. The average molecular weight is 287 g/mol. The summed E-state index contributed by atoms with van der Waals surface area (Å²) in [6.45, 7) is 1.97. The van der Waals surface area contributed by atoms with Gasteiger partial charge in [-0.1, -0.05) is 25.5 Å². The number of pyridine rings is 1. The van der Waals surface area contributed by atoms with Crippen molar-refractivity contribution in [2.75, 3.05) is 0 Å². The van der Waals surface area contributed by atoms with Crippen LogP contribution in [0.25, 0.3) is 0 Å². The molecule has 0 saturated carbocycles. The second kappa shape index (κ2) is 6.85. The van der Waals surface area contributed by atoms with E-state index in [1.54, 1.807) is 30.3 Å². The first kappa shape index (κ1) is 15.0. The fraction of sp³-hybridized carbons (Fsp3) is 0.250. The lowest BCUT2D eigenvalue weighted by Gasteiger charge is -2.08. The van der Waals surface area contributed by atoms with Gasteiger partial charge in [0.15, 0.2) is 0 Å². The second-order valence-electron chi connectivity index (χ2n) is 4.64. The smallest absolute Gasteiger partial charge is 0.335 e. The zero-order chi connectivity index (χ0) is 15.2. The number of carboxylic acids is 1. The van der Waals surface area contributed by atoms with Crippen molar-refractivity contribution in [2.24, 2.45) is 0 Å². The molecule has 0 saturated heterocycles. The largest absolute Gasteiger partial charge is 0.478 e. The van der Waals surface area contributed by atoms with Crippen molar-refractivity contribution in [3.63, 3.8) is 0 Å². The van der Waals surface area contributed by atoms with Crippen molar-refractivity contribution < 1.29 is 19.7 Å². The third-order valence-electron chi connectivity index (χ3n) is 2.94. The SMILES string of the molecule is CCCc1cc(C(=O)O)cc(Oc2ccc(CO)cc2)n1. The molecule has 0 aliphatic carbocycles. The monoisotopic (exact) mass is 287 g/mol. The lowest BCUT2D eigenvalue weighted by molar-refractivity contribution is 0.0696. The molecule has 2 aromatic rings. The van der Waals surface area contributed by atoms with E-state index in [2.05, 4.69) is 4.98 Å². The normalized spacial score (nSPS) is 10.4. The number of rotatable bonds is 6. The highest BCUT2D eigenvalue weighted by Gasteiger charge is 2.10. The third kappa shape index (κ3) is 4.03. The molecule has 0 radical (unpaired) electrons. The van der Waals surface area contributed by atoms with Gasteiger partial charge < -0.3 is 14.9 Å². The molecule has 0 amide bonds. The Morgan fingerprint density at radius 1 is 1.24 bits per heavy atom. The van der Waals surface area contributed by atoms with E-state index in [9.17, 15) is 4.79 Å². The number of aromatic nitrogens is 1. The molecule has 5 nitrogen and oxygen atoms in total. The molecular weight excluding hydrogens is 270 g/mol. The summed E-state index contributed by atoms with van der Waals surface area (Å²) in [5, 5.41) is 18.1. The lowest BCUT2D eigenvalue weighted by atomic mass is 10.1. The van der Waals surface area contributed by atoms with Gasteiger partial charge in [-0.05, 0) is 30.2 Å². The molecule has 0 fully saturated rings. The highest BCUT2D eigenvalue weighted by atomic mass is 16.5. The van der Waals surface area contributed by atoms with Gasteiger partial charge in [-0.25, -0.2) is 9.78 Å². The molecule has 1 heterocycles. The number of benzene rings is 1. The first-order valence-corrected chi connectivity index (χ1v) is 6.74. The van der Waals surface area contributed by atoms with Crippen LogP contribution >= 0.6 is 0 Å². The zero-order valence-corrected chi connectivity index (χ0v) is 11.7. The molecule has 1 aromatic heterocycles. The molecule has 0 bridgehead atoms. The molecule has 21 heavy (non-hydrogen) atoms. The Balaban J connectivity index is 2.26. The summed E-state index contributed by atoms with van der Waals surface area (Å²) in [7, 11) is 0. The summed E-state index contributed by atoms with van der Waals surface area (Å²) in [5.74, 6) is -0.199. The van der Waals surface area contributed by atoms with E-state index in [0.29, 0.717) is 17.9 Å². The van der Waals surface area contributed by atoms with Crippen molar-refractivity contribution >= 4 is 5.97 Å². The van der Waals surface area contributed by atoms with Crippen molar-refractivity contribution in [2.45, 2.75) is 26.4 Å². The van der Waals surface area contributed by atoms with Gasteiger partial charge in [-0.3, -0.25) is 0 Å². The Hall–Kier alpha value is -2.40. The highest BCUT2D eigenvalue weighted by Crippen LogP contribution is 2.22. The lowest BCUT2D eigenvalue weighted by Crippen LogP contribution is -2.02. The summed E-state index contributed by atoms with van der Waals surface area (Å²) in [6, 6.07) is 9.86. The van der Waals surface area contributed by atoms with Gasteiger partial charge in [0.2, 0.25) is 5.88 Å². The number of hydrogen-bond donors (Lipinski definition) is 2. The van der Waals surface area contributed by atoms with Crippen LogP contribution in [0.3, 0.4) is 0 Å². The van der Waals surface area contributed by atoms with Crippen LogP contribution in [0.4, 0.5) is 0 Å². The minimum absolute atomic E-state index is 0.0341. The van der Waals surface area contributed by atoms with Gasteiger partial charge in [0, 0.05) is 11.8 Å². The van der Waals surface area contributed by atoms with E-state index in [4.69, 9.17) is 14.9 Å². The topological polar surface area (TPSA) is 79.7 Å². The number of hydrogen-bond acceptors (Lipinski definition) is 4. The molecule has 1 aromatic carbocycles. The number of carbonyl (C=O) groups is 1. The number of aliphatic hydroxyl groups is 1. The Labute approximate surface area is 122 Å². The van der Waals surface area contributed by atoms with Gasteiger partial charge >= 0.3 is 5.97 Å². The highest BCUT2D eigenvalue weighted by molar-refractivity contribution is 5.88. The van der Waals surface area contributed by atoms with E-state index < -0.39 is 5.97 Å². The predicted molar refractivity (Wildman–Crippen MR) is 77.6 cm³/mol. The molecule has 0 atom stereocenters. The van der Waals surface area contributed by atoms with Crippen LogP contribution < -0.4 is 4.74 Å². The number of ether oxygens (including phenoxy) is 1. The molecule has 2 N–H and O–H groups in total. The maximum absolute atomic E-state index is 11.1. The molecular formula is C16H17NO4. The van der Waals surface area contributed by atoms with Gasteiger partial charge in [-0.15, -0.1) is 0 Å². The Bertz CT molecular complexity index is 623. The van der Waals surface area contributed by atoms with Gasteiger partial charge in [0.05, 0.1) is 12.2 Å². The minimum Gasteiger partial charge on any atom is -0.478 e. The van der Waals surface area contributed by atoms with Crippen molar-refractivity contribution in [3.05, 3.63) is 53.2 Å². The van der Waals surface area contributed by atoms with E-state index in [1.165, 1.54) is 6.07 Å². The van der Waals surface area contributed by atoms with Crippen LogP contribution in [0.1, 0.15) is 35.0 Å². The van der Waals surface area contributed by atoms with Gasteiger partial charge in [-0.2, -0.15) is 0 Å². The van der Waals surface area contributed by atoms with E-state index >= 15 is 0 Å². The maximum atomic E-state index is 11.1. The number of aliphatic hydroxyl groups excluding tert-OH is 1. The number of carboxylic acid groups (broad SMARTS) is 1. The molecule has 0 aliphatic heterocycles. The van der Waals surface area contributed by atoms with Crippen LogP contribution in [0, 0.1) is 0 Å². The Morgan fingerprint density at radius 3 is 2.52 bits per heavy atom. The molecule has 0 spiro atoms. The number of aryl methyl sites for hydroxylation is 1.